The van der Waals surface area contributed by atoms with Gasteiger partial charge in [0.25, 0.3) is 0 Å². The minimum absolute atomic E-state index is 0.431. The first-order valence-corrected chi connectivity index (χ1v) is 21.7. The molecule has 11 rings (SSSR count). The molecular weight excluding hydrogens is 793 g/mol. The zero-order valence-corrected chi connectivity index (χ0v) is 35.8. The van der Waals surface area contributed by atoms with Gasteiger partial charge in [-0.2, -0.15) is 5.26 Å². The SMILES string of the molecule is Cc1cc(C)cc(-c2ccc3c4ccccc4n(-c4c(-c5nc(-c6ccccc6)cc(-c6ccccc6)n5)cc(C#N)cc4-c4nc(-c5ccccc5)cc(-c5ccccc5)n4)c3c2)c1. The number of hydrogen-bond acceptors (Lipinski definition) is 5. The average Bonchev–Trinajstić information content (AvgIpc) is 3.69. The van der Waals surface area contributed by atoms with E-state index >= 15 is 0 Å². The van der Waals surface area contributed by atoms with Crippen LogP contribution in [0, 0.1) is 25.2 Å². The maximum atomic E-state index is 10.9. The maximum absolute atomic E-state index is 10.9. The molecular formula is C59H40N6. The lowest BCUT2D eigenvalue weighted by molar-refractivity contribution is 1.12. The third-order valence-electron chi connectivity index (χ3n) is 11.9. The molecule has 0 aliphatic rings. The number of rotatable bonds is 8. The number of nitriles is 1. The Balaban J connectivity index is 1.30. The fraction of sp³-hybridized carbons (Fsp3) is 0.0339. The molecule has 6 heteroatoms. The van der Waals surface area contributed by atoms with E-state index in [2.05, 4.69) is 134 Å². The zero-order chi connectivity index (χ0) is 43.9. The molecule has 65 heavy (non-hydrogen) atoms. The number of para-hydroxylation sites is 1. The molecule has 306 valence electrons. The van der Waals surface area contributed by atoms with E-state index in [0.717, 1.165) is 83.6 Å². The van der Waals surface area contributed by atoms with Gasteiger partial charge >= 0.3 is 0 Å². The van der Waals surface area contributed by atoms with Crippen LogP contribution in [0.1, 0.15) is 16.7 Å². The number of aryl methyl sites for hydroxylation is 2. The molecule has 6 nitrogen and oxygen atoms in total. The molecule has 0 amide bonds. The summed E-state index contributed by atoms with van der Waals surface area (Å²) in [6.45, 7) is 4.28. The Kier molecular flexibility index (Phi) is 9.91. The van der Waals surface area contributed by atoms with Crippen molar-refractivity contribution in [3.63, 3.8) is 0 Å². The summed E-state index contributed by atoms with van der Waals surface area (Å²) < 4.78 is 2.31. The number of hydrogen-bond donors (Lipinski definition) is 0. The number of nitrogens with zero attached hydrogens (tertiary/aromatic N) is 6. The van der Waals surface area contributed by atoms with E-state index in [1.54, 1.807) is 0 Å². The first kappa shape index (κ1) is 39.1. The first-order chi connectivity index (χ1) is 32.0. The van der Waals surface area contributed by atoms with Crippen molar-refractivity contribution in [2.75, 3.05) is 0 Å². The second kappa shape index (κ2) is 16.5. The van der Waals surface area contributed by atoms with Crippen LogP contribution < -0.4 is 0 Å². The van der Waals surface area contributed by atoms with Gasteiger partial charge in [0.05, 0.1) is 51.1 Å². The lowest BCUT2D eigenvalue weighted by atomic mass is 9.98. The lowest BCUT2D eigenvalue weighted by Crippen LogP contribution is -2.06. The second-order valence-electron chi connectivity index (χ2n) is 16.4. The van der Waals surface area contributed by atoms with Crippen molar-refractivity contribution in [2.45, 2.75) is 13.8 Å². The topological polar surface area (TPSA) is 80.3 Å². The van der Waals surface area contributed by atoms with Gasteiger partial charge in [-0.1, -0.05) is 181 Å². The molecule has 0 saturated carbocycles. The summed E-state index contributed by atoms with van der Waals surface area (Å²) in [5, 5.41) is 13.1. The minimum atomic E-state index is 0.431. The molecule has 0 N–H and O–H groups in total. The van der Waals surface area contributed by atoms with Crippen LogP contribution in [0.15, 0.2) is 206 Å². The molecule has 0 spiro atoms. The van der Waals surface area contributed by atoms with Crippen LogP contribution in [0.3, 0.4) is 0 Å². The Morgan fingerprint density at radius 1 is 0.369 bits per heavy atom. The molecule has 3 aromatic heterocycles. The smallest absolute Gasteiger partial charge is 0.162 e. The number of benzene rings is 8. The summed E-state index contributed by atoms with van der Waals surface area (Å²) in [6, 6.07) is 73.0. The van der Waals surface area contributed by atoms with E-state index < -0.39 is 0 Å². The fourth-order valence-electron chi connectivity index (χ4n) is 8.98. The van der Waals surface area contributed by atoms with Crippen molar-refractivity contribution in [3.05, 3.63) is 223 Å². The highest BCUT2D eigenvalue weighted by Crippen LogP contribution is 2.43. The summed E-state index contributed by atoms with van der Waals surface area (Å²) in [7, 11) is 0. The van der Waals surface area contributed by atoms with Gasteiger partial charge in [-0.3, -0.25) is 0 Å². The Morgan fingerprint density at radius 3 is 1.23 bits per heavy atom. The first-order valence-electron chi connectivity index (χ1n) is 21.7. The van der Waals surface area contributed by atoms with Crippen LogP contribution in [-0.2, 0) is 0 Å². The van der Waals surface area contributed by atoms with Gasteiger partial charge in [0, 0.05) is 44.2 Å². The minimum Gasteiger partial charge on any atom is -0.308 e. The van der Waals surface area contributed by atoms with Crippen molar-refractivity contribution in [3.8, 4) is 90.7 Å². The zero-order valence-electron chi connectivity index (χ0n) is 35.8. The normalized spacial score (nSPS) is 11.2. The summed E-state index contributed by atoms with van der Waals surface area (Å²) >= 11 is 0. The van der Waals surface area contributed by atoms with Gasteiger partial charge in [0.2, 0.25) is 0 Å². The van der Waals surface area contributed by atoms with Crippen LogP contribution in [0.4, 0.5) is 0 Å². The maximum Gasteiger partial charge on any atom is 0.162 e. The Morgan fingerprint density at radius 2 is 0.785 bits per heavy atom. The number of aromatic nitrogens is 5. The predicted molar refractivity (Wildman–Crippen MR) is 264 cm³/mol. The Hall–Kier alpha value is -8.79. The van der Waals surface area contributed by atoms with E-state index in [1.807, 2.05) is 97.1 Å². The van der Waals surface area contributed by atoms with Crippen molar-refractivity contribution in [1.29, 1.82) is 5.26 Å². The van der Waals surface area contributed by atoms with Crippen LogP contribution in [0.5, 0.6) is 0 Å². The number of fused-ring (bicyclic) bond motifs is 3. The Bertz CT molecular complexity index is 3330. The van der Waals surface area contributed by atoms with Gasteiger partial charge in [0.1, 0.15) is 0 Å². The van der Waals surface area contributed by atoms with Crippen molar-refractivity contribution >= 4 is 21.8 Å². The van der Waals surface area contributed by atoms with Crippen LogP contribution in [-0.4, -0.2) is 24.5 Å². The monoisotopic (exact) mass is 832 g/mol. The molecule has 3 heterocycles. The summed E-state index contributed by atoms with van der Waals surface area (Å²) in [4.78, 5) is 21.5. The highest BCUT2D eigenvalue weighted by Gasteiger charge is 2.26. The highest BCUT2D eigenvalue weighted by atomic mass is 15.0. The summed E-state index contributed by atoms with van der Waals surface area (Å²) in [5.41, 5.74) is 16.0. The third-order valence-corrected chi connectivity index (χ3v) is 11.9. The molecule has 0 radical (unpaired) electrons. The summed E-state index contributed by atoms with van der Waals surface area (Å²) in [5.74, 6) is 0.940. The van der Waals surface area contributed by atoms with Crippen molar-refractivity contribution in [2.24, 2.45) is 0 Å². The largest absolute Gasteiger partial charge is 0.308 e. The standard InChI is InChI=1S/C59H40N6/c1-38-29-39(2)31-46(30-38)45-27-28-48-47-25-15-16-26-55(47)65(56(48)34-45)57-49(58-61-51(41-17-7-3-8-18-41)35-52(62-58)42-19-9-4-10-20-42)32-40(37-60)33-50(57)59-63-53(43-21-11-5-12-22-43)36-54(64-59)44-23-13-6-14-24-44/h3-36H,1-2H3. The van der Waals surface area contributed by atoms with Gasteiger partial charge < -0.3 is 4.57 Å². The third kappa shape index (κ3) is 7.41. The van der Waals surface area contributed by atoms with Gasteiger partial charge in [0.15, 0.2) is 11.6 Å². The molecule has 0 aliphatic carbocycles. The van der Waals surface area contributed by atoms with Crippen molar-refractivity contribution < 1.29 is 0 Å². The lowest BCUT2D eigenvalue weighted by Gasteiger charge is -2.20. The molecule has 0 unspecified atom stereocenters. The molecule has 11 aromatic rings. The summed E-state index contributed by atoms with van der Waals surface area (Å²) in [6.07, 6.45) is 0. The van der Waals surface area contributed by atoms with Gasteiger partial charge in [-0.05, 0) is 61.4 Å². The van der Waals surface area contributed by atoms with Gasteiger partial charge in [-0.15, -0.1) is 0 Å². The van der Waals surface area contributed by atoms with E-state index in [-0.39, 0.29) is 0 Å². The molecule has 0 aliphatic heterocycles. The predicted octanol–water partition coefficient (Wildman–Crippen LogP) is 14.5. The van der Waals surface area contributed by atoms with Crippen LogP contribution in [0.2, 0.25) is 0 Å². The fourth-order valence-corrected chi connectivity index (χ4v) is 8.98. The Labute approximate surface area is 377 Å². The van der Waals surface area contributed by atoms with E-state index in [0.29, 0.717) is 28.3 Å². The second-order valence-corrected chi connectivity index (χ2v) is 16.4. The molecule has 0 fully saturated rings. The van der Waals surface area contributed by atoms with E-state index in [4.69, 9.17) is 19.9 Å². The quantitative estimate of drug-likeness (QED) is 0.152. The molecule has 0 saturated heterocycles. The van der Waals surface area contributed by atoms with Crippen LogP contribution >= 0.6 is 0 Å². The highest BCUT2D eigenvalue weighted by molar-refractivity contribution is 6.11. The van der Waals surface area contributed by atoms with E-state index in [9.17, 15) is 5.26 Å². The molecule has 0 bridgehead atoms. The molecule has 8 aromatic carbocycles. The average molecular weight is 833 g/mol. The van der Waals surface area contributed by atoms with Crippen molar-refractivity contribution in [1.82, 2.24) is 24.5 Å². The van der Waals surface area contributed by atoms with E-state index in [1.165, 1.54) is 11.1 Å². The molecule has 0 atom stereocenters. The van der Waals surface area contributed by atoms with Crippen LogP contribution in [0.25, 0.3) is 106 Å². The van der Waals surface area contributed by atoms with Gasteiger partial charge in [-0.25, -0.2) is 19.9 Å².